The minimum Gasteiger partial charge on any atom is -0.494 e. The molecule has 20 heavy (non-hydrogen) atoms. The summed E-state index contributed by atoms with van der Waals surface area (Å²) in [7, 11) is 0. The topological polar surface area (TPSA) is 33.0 Å². The molecule has 100 valence electrons. The molecule has 0 aliphatic carbocycles. The molecule has 2 rings (SSSR count). The highest BCUT2D eigenvalue weighted by atomic mass is 35.5. The summed E-state index contributed by atoms with van der Waals surface area (Å²) in [6.07, 6.45) is 0. The van der Waals surface area contributed by atoms with Gasteiger partial charge in [0.05, 0.1) is 17.2 Å². The van der Waals surface area contributed by atoms with E-state index in [-0.39, 0.29) is 0 Å². The first-order valence-electron chi connectivity index (χ1n) is 6.34. The van der Waals surface area contributed by atoms with E-state index in [2.05, 4.69) is 6.07 Å². The Bertz CT molecular complexity index is 639. The van der Waals surface area contributed by atoms with E-state index in [1.807, 2.05) is 61.5 Å². The Morgan fingerprint density at radius 3 is 2.25 bits per heavy atom. The number of hydrogen-bond donors (Lipinski definition) is 0. The third-order valence-electron chi connectivity index (χ3n) is 2.81. The molecular formula is C17H14ClNO. The molecule has 0 saturated heterocycles. The maximum Gasteiger partial charge on any atom is 0.119 e. The van der Waals surface area contributed by atoms with Crippen LogP contribution in [-0.2, 0) is 0 Å². The number of hydrogen-bond acceptors (Lipinski definition) is 2. The molecule has 0 radical (unpaired) electrons. The van der Waals surface area contributed by atoms with Crippen molar-refractivity contribution in [1.29, 1.82) is 5.26 Å². The third kappa shape index (κ3) is 3.20. The lowest BCUT2D eigenvalue weighted by Gasteiger charge is -2.06. The Labute approximate surface area is 123 Å². The van der Waals surface area contributed by atoms with E-state index in [0.29, 0.717) is 17.2 Å². The van der Waals surface area contributed by atoms with Gasteiger partial charge in [-0.2, -0.15) is 5.26 Å². The lowest BCUT2D eigenvalue weighted by Crippen LogP contribution is -1.91. The van der Waals surface area contributed by atoms with Crippen LogP contribution in [0.1, 0.15) is 18.1 Å². The lowest BCUT2D eigenvalue weighted by atomic mass is 10.0. The molecule has 0 aliphatic rings. The van der Waals surface area contributed by atoms with E-state index in [1.165, 1.54) is 0 Å². The maximum absolute atomic E-state index is 9.33. The fourth-order valence-corrected chi connectivity index (χ4v) is 2.13. The van der Waals surface area contributed by atoms with Crippen LogP contribution >= 0.6 is 11.6 Å². The molecule has 2 aromatic carbocycles. The largest absolute Gasteiger partial charge is 0.494 e. The normalized spacial score (nSPS) is 11.4. The van der Waals surface area contributed by atoms with Crippen molar-refractivity contribution in [3.63, 3.8) is 0 Å². The average molecular weight is 284 g/mol. The standard InChI is InChI=1S/C17H14ClNO/c1-2-20-15-10-8-14(9-11-15)17(18)16(12-19)13-6-4-3-5-7-13/h3-11H,2H2,1H3. The van der Waals surface area contributed by atoms with Gasteiger partial charge in [-0.05, 0) is 42.3 Å². The van der Waals surface area contributed by atoms with Gasteiger partial charge in [0.25, 0.3) is 0 Å². The average Bonchev–Trinajstić information content (AvgIpc) is 2.50. The summed E-state index contributed by atoms with van der Waals surface area (Å²) in [4.78, 5) is 0. The van der Waals surface area contributed by atoms with E-state index in [9.17, 15) is 5.26 Å². The van der Waals surface area contributed by atoms with Gasteiger partial charge in [0.2, 0.25) is 0 Å². The Kier molecular flexibility index (Phi) is 4.81. The summed E-state index contributed by atoms with van der Waals surface area (Å²) in [6, 6.07) is 19.0. The molecule has 0 spiro atoms. The Morgan fingerprint density at radius 1 is 1.05 bits per heavy atom. The van der Waals surface area contributed by atoms with Crippen LogP contribution in [0, 0.1) is 11.3 Å². The Balaban J connectivity index is 2.39. The van der Waals surface area contributed by atoms with Gasteiger partial charge >= 0.3 is 0 Å². The molecule has 0 bridgehead atoms. The lowest BCUT2D eigenvalue weighted by molar-refractivity contribution is 0.340. The molecule has 0 atom stereocenters. The van der Waals surface area contributed by atoms with E-state index < -0.39 is 0 Å². The number of benzene rings is 2. The van der Waals surface area contributed by atoms with Gasteiger partial charge in [0, 0.05) is 0 Å². The van der Waals surface area contributed by atoms with Crippen LogP contribution in [0.3, 0.4) is 0 Å². The number of ether oxygens (including phenoxy) is 1. The molecule has 0 aliphatic heterocycles. The van der Waals surface area contributed by atoms with E-state index >= 15 is 0 Å². The molecule has 0 N–H and O–H groups in total. The highest BCUT2D eigenvalue weighted by Crippen LogP contribution is 2.30. The molecule has 3 heteroatoms. The van der Waals surface area contributed by atoms with E-state index in [4.69, 9.17) is 16.3 Å². The van der Waals surface area contributed by atoms with Crippen LogP contribution in [0.4, 0.5) is 0 Å². The van der Waals surface area contributed by atoms with Crippen LogP contribution in [-0.4, -0.2) is 6.61 Å². The molecular weight excluding hydrogens is 270 g/mol. The minimum atomic E-state index is 0.446. The fourth-order valence-electron chi connectivity index (χ4n) is 1.85. The van der Waals surface area contributed by atoms with Gasteiger partial charge in [-0.1, -0.05) is 41.9 Å². The Morgan fingerprint density at radius 2 is 1.70 bits per heavy atom. The number of halogens is 1. The number of nitriles is 1. The summed E-state index contributed by atoms with van der Waals surface area (Å²) >= 11 is 6.35. The van der Waals surface area contributed by atoms with Crippen molar-refractivity contribution in [3.8, 4) is 11.8 Å². The SMILES string of the molecule is CCOc1ccc(C(Cl)=C(C#N)c2ccccc2)cc1. The third-order valence-corrected chi connectivity index (χ3v) is 3.22. The van der Waals surface area contributed by atoms with Crippen LogP contribution in [0.25, 0.3) is 10.6 Å². The van der Waals surface area contributed by atoms with Crippen molar-refractivity contribution in [2.75, 3.05) is 6.61 Å². The summed E-state index contributed by atoms with van der Waals surface area (Å²) in [5, 5.41) is 9.78. The monoisotopic (exact) mass is 283 g/mol. The zero-order chi connectivity index (χ0) is 14.4. The van der Waals surface area contributed by atoms with Gasteiger partial charge in [0.1, 0.15) is 11.8 Å². The molecule has 0 saturated carbocycles. The number of rotatable bonds is 4. The molecule has 2 aromatic rings. The number of allylic oxidation sites excluding steroid dienone is 1. The molecule has 0 aromatic heterocycles. The van der Waals surface area contributed by atoms with Crippen molar-refractivity contribution in [1.82, 2.24) is 0 Å². The first kappa shape index (κ1) is 14.2. The van der Waals surface area contributed by atoms with Crippen molar-refractivity contribution < 1.29 is 4.74 Å². The predicted molar refractivity (Wildman–Crippen MR) is 82.3 cm³/mol. The molecule has 0 fully saturated rings. The van der Waals surface area contributed by atoms with Crippen LogP contribution in [0.15, 0.2) is 54.6 Å². The maximum atomic E-state index is 9.33. The van der Waals surface area contributed by atoms with Crippen LogP contribution in [0.2, 0.25) is 0 Å². The highest BCUT2D eigenvalue weighted by molar-refractivity contribution is 6.53. The van der Waals surface area contributed by atoms with Gasteiger partial charge in [-0.25, -0.2) is 0 Å². The van der Waals surface area contributed by atoms with E-state index in [1.54, 1.807) is 0 Å². The van der Waals surface area contributed by atoms with Crippen LogP contribution < -0.4 is 4.74 Å². The number of nitrogens with zero attached hydrogens (tertiary/aromatic N) is 1. The second-order valence-electron chi connectivity index (χ2n) is 4.12. The first-order valence-corrected chi connectivity index (χ1v) is 6.72. The van der Waals surface area contributed by atoms with Gasteiger partial charge in [-0.15, -0.1) is 0 Å². The van der Waals surface area contributed by atoms with Crippen LogP contribution in [0.5, 0.6) is 5.75 Å². The van der Waals surface area contributed by atoms with Crippen molar-refractivity contribution >= 4 is 22.2 Å². The van der Waals surface area contributed by atoms with Crippen molar-refractivity contribution in [3.05, 3.63) is 65.7 Å². The van der Waals surface area contributed by atoms with Gasteiger partial charge in [-0.3, -0.25) is 0 Å². The summed E-state index contributed by atoms with van der Waals surface area (Å²) in [5.41, 5.74) is 2.08. The van der Waals surface area contributed by atoms with Gasteiger partial charge in [0.15, 0.2) is 0 Å². The summed E-state index contributed by atoms with van der Waals surface area (Å²) < 4.78 is 5.39. The fraction of sp³-hybridized carbons (Fsp3) is 0.118. The molecule has 0 unspecified atom stereocenters. The van der Waals surface area contributed by atoms with Crippen molar-refractivity contribution in [2.45, 2.75) is 6.92 Å². The summed E-state index contributed by atoms with van der Waals surface area (Å²) in [6.45, 7) is 2.56. The molecule has 0 amide bonds. The van der Waals surface area contributed by atoms with Crippen molar-refractivity contribution in [2.24, 2.45) is 0 Å². The second kappa shape index (κ2) is 6.79. The van der Waals surface area contributed by atoms with Gasteiger partial charge < -0.3 is 4.74 Å². The quantitative estimate of drug-likeness (QED) is 0.601. The molecule has 2 nitrogen and oxygen atoms in total. The molecule has 0 heterocycles. The highest BCUT2D eigenvalue weighted by Gasteiger charge is 2.09. The smallest absolute Gasteiger partial charge is 0.119 e. The minimum absolute atomic E-state index is 0.446. The predicted octanol–water partition coefficient (Wildman–Crippen LogP) is 4.72. The Hall–Kier alpha value is -2.24. The zero-order valence-electron chi connectivity index (χ0n) is 11.1. The first-order chi connectivity index (χ1) is 9.76. The van der Waals surface area contributed by atoms with E-state index in [0.717, 1.165) is 16.9 Å². The zero-order valence-corrected chi connectivity index (χ0v) is 11.9. The summed E-state index contributed by atoms with van der Waals surface area (Å²) in [5.74, 6) is 0.791. The second-order valence-corrected chi connectivity index (χ2v) is 4.50.